The van der Waals surface area contributed by atoms with Crippen LogP contribution in [0.1, 0.15) is 49.1 Å². The van der Waals surface area contributed by atoms with E-state index in [1.54, 1.807) is 56.3 Å². The van der Waals surface area contributed by atoms with E-state index in [1.807, 2.05) is 37.3 Å². The molecule has 8 heteroatoms. The van der Waals surface area contributed by atoms with Gasteiger partial charge in [-0.25, -0.2) is 9.59 Å². The molecule has 0 aliphatic rings. The maximum Gasteiger partial charge on any atom is 0.377 e. The Bertz CT molecular complexity index is 1090. The number of rotatable bonds is 6. The quantitative estimate of drug-likeness (QED) is 0.265. The smallest absolute Gasteiger partial charge is 0.377 e. The minimum absolute atomic E-state index is 0.212. The molecule has 0 aliphatic carbocycles. The predicted octanol–water partition coefficient (Wildman–Crippen LogP) is 3.30. The molecule has 0 bridgehead atoms. The van der Waals surface area contributed by atoms with Gasteiger partial charge in [-0.05, 0) is 49.6 Å². The normalized spacial score (nSPS) is 11.6. The van der Waals surface area contributed by atoms with Crippen LogP contribution in [0.4, 0.5) is 0 Å². The molecule has 0 spiro atoms. The molecule has 0 aliphatic heterocycles. The average Bonchev–Trinajstić information content (AvgIpc) is 2.84. The highest BCUT2D eigenvalue weighted by atomic mass is 16.4. The van der Waals surface area contributed by atoms with E-state index >= 15 is 0 Å². The third kappa shape index (κ3) is 9.50. The molecule has 3 aromatic carbocycles. The molecule has 0 fully saturated rings. The number of aliphatic carboxylic acids is 1. The lowest BCUT2D eigenvalue weighted by Gasteiger charge is -2.16. The summed E-state index contributed by atoms with van der Waals surface area (Å²) in [6.45, 7) is 5.19. The molecule has 186 valence electrons. The Morgan fingerprint density at radius 1 is 0.829 bits per heavy atom. The van der Waals surface area contributed by atoms with Gasteiger partial charge in [0, 0.05) is 5.56 Å². The highest BCUT2D eigenvalue weighted by Gasteiger charge is 2.19. The zero-order chi connectivity index (χ0) is 26.5. The largest absolute Gasteiger partial charge is 0.478 e. The monoisotopic (exact) mass is 481 g/mol. The number of aliphatic hydroxyl groups excluding tert-OH is 2. The Hall–Kier alpha value is -3.85. The van der Waals surface area contributed by atoms with Crippen LogP contribution in [0.25, 0.3) is 0 Å². The van der Waals surface area contributed by atoms with Crippen LogP contribution in [0.15, 0.2) is 72.8 Å². The lowest BCUT2D eigenvalue weighted by atomic mass is 9.97. The van der Waals surface area contributed by atoms with Crippen LogP contribution in [0, 0.1) is 20.8 Å². The first-order valence-electron chi connectivity index (χ1n) is 10.7. The van der Waals surface area contributed by atoms with Crippen molar-refractivity contribution in [2.24, 2.45) is 5.73 Å². The van der Waals surface area contributed by atoms with Gasteiger partial charge in [0.15, 0.2) is 0 Å². The van der Waals surface area contributed by atoms with Crippen molar-refractivity contribution in [2.75, 3.05) is 6.61 Å². The molecule has 6 N–H and O–H groups in total. The van der Waals surface area contributed by atoms with Gasteiger partial charge >= 0.3 is 11.9 Å². The number of carboxylic acid groups (broad SMARTS) is 2. The maximum atomic E-state index is 11.3. The third-order valence-electron chi connectivity index (χ3n) is 4.88. The number of aryl methyl sites for hydroxylation is 3. The van der Waals surface area contributed by atoms with Gasteiger partial charge in [0.1, 0.15) is 0 Å². The van der Waals surface area contributed by atoms with E-state index in [2.05, 4.69) is 0 Å². The first kappa shape index (κ1) is 29.2. The van der Waals surface area contributed by atoms with Crippen molar-refractivity contribution in [2.45, 2.75) is 32.9 Å². The molecule has 0 saturated heterocycles. The summed E-state index contributed by atoms with van der Waals surface area (Å²) in [5, 5.41) is 35.2. The molecule has 2 atom stereocenters. The number of nitrogens with two attached hydrogens (primary N) is 1. The highest BCUT2D eigenvalue weighted by Crippen LogP contribution is 2.17. The molecular formula is C27H31NO7. The summed E-state index contributed by atoms with van der Waals surface area (Å²) in [6.07, 6.45) is -0.781. The molecule has 0 radical (unpaired) electrons. The Balaban J connectivity index is 0.000000269. The van der Waals surface area contributed by atoms with Crippen molar-refractivity contribution < 1.29 is 34.8 Å². The molecule has 0 amide bonds. The van der Waals surface area contributed by atoms with E-state index in [0.717, 1.165) is 22.3 Å². The Labute approximate surface area is 204 Å². The van der Waals surface area contributed by atoms with Crippen LogP contribution in [-0.2, 0) is 4.79 Å². The summed E-state index contributed by atoms with van der Waals surface area (Å²) in [6, 6.07) is 20.4. The van der Waals surface area contributed by atoms with Crippen molar-refractivity contribution in [3.63, 3.8) is 0 Å². The number of hydrogen-bond donors (Lipinski definition) is 5. The zero-order valence-electron chi connectivity index (χ0n) is 19.9. The van der Waals surface area contributed by atoms with Gasteiger partial charge in [0.05, 0.1) is 24.3 Å². The second-order valence-corrected chi connectivity index (χ2v) is 7.78. The summed E-state index contributed by atoms with van der Waals surface area (Å²) < 4.78 is 0. The fourth-order valence-electron chi connectivity index (χ4n) is 3.22. The van der Waals surface area contributed by atoms with E-state index in [4.69, 9.17) is 21.1 Å². The van der Waals surface area contributed by atoms with Crippen molar-refractivity contribution in [1.82, 2.24) is 0 Å². The van der Waals surface area contributed by atoms with Gasteiger partial charge < -0.3 is 26.2 Å². The van der Waals surface area contributed by atoms with E-state index in [1.165, 1.54) is 0 Å². The Morgan fingerprint density at radius 2 is 1.29 bits per heavy atom. The topological polar surface area (TPSA) is 158 Å². The van der Waals surface area contributed by atoms with Gasteiger partial charge in [-0.1, -0.05) is 66.2 Å². The first-order valence-corrected chi connectivity index (χ1v) is 10.7. The minimum Gasteiger partial charge on any atom is -0.478 e. The first-order chi connectivity index (χ1) is 16.5. The summed E-state index contributed by atoms with van der Waals surface area (Å²) >= 11 is 0. The summed E-state index contributed by atoms with van der Waals surface area (Å²) in [4.78, 5) is 32.0. The number of Topliss-reactive ketones (excluding diaryl/α,β-unsaturated/α-hetero) is 1. The van der Waals surface area contributed by atoms with Gasteiger partial charge in [-0.15, -0.1) is 0 Å². The molecule has 35 heavy (non-hydrogen) atoms. The number of benzene rings is 3. The molecule has 8 nitrogen and oxygen atoms in total. The van der Waals surface area contributed by atoms with Gasteiger partial charge in [-0.2, -0.15) is 0 Å². The fraction of sp³-hybridized carbons (Fsp3) is 0.222. The molecule has 0 heterocycles. The average molecular weight is 482 g/mol. The van der Waals surface area contributed by atoms with Crippen LogP contribution >= 0.6 is 0 Å². The number of carbonyl (C=O) groups is 3. The van der Waals surface area contributed by atoms with E-state index in [-0.39, 0.29) is 6.61 Å². The summed E-state index contributed by atoms with van der Waals surface area (Å²) in [7, 11) is 0. The molecule has 0 aromatic heterocycles. The lowest BCUT2D eigenvalue weighted by molar-refractivity contribution is -0.131. The molecule has 3 aromatic rings. The molecule has 2 unspecified atom stereocenters. The predicted molar refractivity (Wildman–Crippen MR) is 132 cm³/mol. The summed E-state index contributed by atoms with van der Waals surface area (Å²) in [5.74, 6) is -3.12. The van der Waals surface area contributed by atoms with Crippen molar-refractivity contribution >= 4 is 17.7 Å². The second-order valence-electron chi connectivity index (χ2n) is 7.78. The van der Waals surface area contributed by atoms with Crippen LogP contribution < -0.4 is 5.73 Å². The highest BCUT2D eigenvalue weighted by molar-refractivity contribution is 6.40. The standard InChI is InChI=1S/C11H12O3.C9H13NO2.C7H6O2/c1-6-4-7(2)9(8(3)5-6)10(12)11(13)14;10-8(6-11)9(12)7-4-2-1-3-5-7;8-7(9)6-4-2-1-3-5-6/h4-5H,1-3H3,(H,13,14);1-5,8-9,11-12H,6,10H2;1-5H,(H,8,9). The van der Waals surface area contributed by atoms with Gasteiger partial charge in [0.2, 0.25) is 0 Å². The second kappa shape index (κ2) is 14.4. The number of ketones is 1. The van der Waals surface area contributed by atoms with Crippen molar-refractivity contribution in [3.05, 3.63) is 106 Å². The summed E-state index contributed by atoms with van der Waals surface area (Å²) in [5.41, 5.74) is 9.29. The number of hydrogen-bond acceptors (Lipinski definition) is 6. The zero-order valence-corrected chi connectivity index (χ0v) is 19.9. The number of aromatic carboxylic acids is 1. The Morgan fingerprint density at radius 3 is 1.66 bits per heavy atom. The fourth-order valence-corrected chi connectivity index (χ4v) is 3.22. The van der Waals surface area contributed by atoms with Crippen LogP contribution in [-0.4, -0.2) is 50.8 Å². The molecular weight excluding hydrogens is 450 g/mol. The Kier molecular flexibility index (Phi) is 12.0. The van der Waals surface area contributed by atoms with Crippen molar-refractivity contribution in [3.8, 4) is 0 Å². The maximum absolute atomic E-state index is 11.3. The van der Waals surface area contributed by atoms with E-state index in [9.17, 15) is 19.5 Å². The van der Waals surface area contributed by atoms with Crippen LogP contribution in [0.3, 0.4) is 0 Å². The van der Waals surface area contributed by atoms with Gasteiger partial charge in [-0.3, -0.25) is 4.79 Å². The SMILES string of the molecule is Cc1cc(C)c(C(=O)C(=O)O)c(C)c1.NC(CO)C(O)c1ccccc1.O=C(O)c1ccccc1. The number of carboxylic acids is 2. The third-order valence-corrected chi connectivity index (χ3v) is 4.88. The van der Waals surface area contributed by atoms with Crippen molar-refractivity contribution in [1.29, 1.82) is 0 Å². The number of carbonyl (C=O) groups excluding carboxylic acids is 1. The lowest BCUT2D eigenvalue weighted by Crippen LogP contribution is -2.31. The van der Waals surface area contributed by atoms with E-state index in [0.29, 0.717) is 11.1 Å². The van der Waals surface area contributed by atoms with Gasteiger partial charge in [0.25, 0.3) is 5.78 Å². The van der Waals surface area contributed by atoms with E-state index < -0.39 is 29.9 Å². The van der Waals surface area contributed by atoms with Crippen LogP contribution in [0.5, 0.6) is 0 Å². The molecule has 0 saturated carbocycles. The van der Waals surface area contributed by atoms with Crippen LogP contribution in [0.2, 0.25) is 0 Å². The molecule has 3 rings (SSSR count). The minimum atomic E-state index is -1.40. The number of aliphatic hydroxyl groups is 2.